The van der Waals surface area contributed by atoms with Crippen LogP contribution < -0.4 is 4.74 Å². The SMILES string of the molecule is Cc1nc([N+](=O)[O-])cn1CCOc1cccc(C#N)c1C#N. The smallest absolute Gasteiger partial charge is 0.381 e. The van der Waals surface area contributed by atoms with Gasteiger partial charge in [-0.3, -0.25) is 0 Å². The number of imidazole rings is 1. The summed E-state index contributed by atoms with van der Waals surface area (Å²) in [4.78, 5) is 13.9. The first-order valence-corrected chi connectivity index (χ1v) is 6.31. The molecule has 0 radical (unpaired) electrons. The van der Waals surface area contributed by atoms with Gasteiger partial charge in [0.05, 0.1) is 12.1 Å². The minimum Gasteiger partial charge on any atom is -0.490 e. The van der Waals surface area contributed by atoms with Crippen molar-refractivity contribution < 1.29 is 9.66 Å². The molecular weight excluding hydrogens is 286 g/mol. The zero-order chi connectivity index (χ0) is 16.1. The van der Waals surface area contributed by atoms with E-state index < -0.39 is 4.92 Å². The predicted octanol–water partition coefficient (Wildman–Crippen LogP) is 1.92. The molecule has 1 aromatic heterocycles. The quantitative estimate of drug-likeness (QED) is 0.614. The molecule has 22 heavy (non-hydrogen) atoms. The Kier molecular flexibility index (Phi) is 4.35. The highest BCUT2D eigenvalue weighted by atomic mass is 16.6. The zero-order valence-electron chi connectivity index (χ0n) is 11.7. The van der Waals surface area contributed by atoms with E-state index in [1.54, 1.807) is 23.6 Å². The van der Waals surface area contributed by atoms with Gasteiger partial charge in [-0.25, -0.2) is 0 Å². The molecule has 8 heteroatoms. The third-order valence-corrected chi connectivity index (χ3v) is 3.00. The van der Waals surface area contributed by atoms with Gasteiger partial charge >= 0.3 is 5.82 Å². The van der Waals surface area contributed by atoms with Crippen molar-refractivity contribution in [1.29, 1.82) is 10.5 Å². The lowest BCUT2D eigenvalue weighted by atomic mass is 10.1. The number of ether oxygens (including phenoxy) is 1. The molecule has 0 unspecified atom stereocenters. The fourth-order valence-electron chi connectivity index (χ4n) is 1.92. The minimum absolute atomic E-state index is 0.179. The Morgan fingerprint density at radius 2 is 2.18 bits per heavy atom. The van der Waals surface area contributed by atoms with E-state index in [0.29, 0.717) is 18.1 Å². The molecule has 0 aliphatic carbocycles. The fourth-order valence-corrected chi connectivity index (χ4v) is 1.92. The number of aryl methyl sites for hydroxylation is 1. The lowest BCUT2D eigenvalue weighted by molar-refractivity contribution is -0.389. The number of benzene rings is 1. The summed E-state index contributed by atoms with van der Waals surface area (Å²) in [6, 6.07) is 8.63. The molecule has 0 spiro atoms. The standard InChI is InChI=1S/C14H11N5O3/c1-10-17-14(19(20)21)9-18(10)5-6-22-13-4-2-3-11(7-15)12(13)8-16/h2-4,9H,5-6H2,1H3. The van der Waals surface area contributed by atoms with Crippen LogP contribution in [0.3, 0.4) is 0 Å². The lowest BCUT2D eigenvalue weighted by Gasteiger charge is -2.09. The van der Waals surface area contributed by atoms with E-state index in [4.69, 9.17) is 15.3 Å². The summed E-state index contributed by atoms with van der Waals surface area (Å²) < 4.78 is 7.10. The minimum atomic E-state index is -0.561. The second kappa shape index (κ2) is 6.37. The Morgan fingerprint density at radius 1 is 1.41 bits per heavy atom. The van der Waals surface area contributed by atoms with Crippen LogP contribution in [0.25, 0.3) is 0 Å². The molecular formula is C14H11N5O3. The molecule has 8 nitrogen and oxygen atoms in total. The Balaban J connectivity index is 2.08. The van der Waals surface area contributed by atoms with Crippen molar-refractivity contribution in [3.05, 3.63) is 51.5 Å². The normalized spacial score (nSPS) is 9.77. The highest BCUT2D eigenvalue weighted by Gasteiger charge is 2.15. The van der Waals surface area contributed by atoms with Gasteiger partial charge in [0.25, 0.3) is 0 Å². The number of nitrogens with zero attached hydrogens (tertiary/aromatic N) is 5. The summed E-state index contributed by atoms with van der Waals surface area (Å²) in [5.41, 5.74) is 0.424. The van der Waals surface area contributed by atoms with Crippen LogP contribution in [0.2, 0.25) is 0 Å². The Morgan fingerprint density at radius 3 is 2.77 bits per heavy atom. The van der Waals surface area contributed by atoms with Crippen LogP contribution in [0.5, 0.6) is 5.75 Å². The summed E-state index contributed by atoms with van der Waals surface area (Å²) in [5.74, 6) is 0.595. The van der Waals surface area contributed by atoms with Crippen molar-refractivity contribution in [2.24, 2.45) is 0 Å². The van der Waals surface area contributed by atoms with Crippen LogP contribution in [-0.4, -0.2) is 21.1 Å². The second-order valence-corrected chi connectivity index (χ2v) is 4.35. The summed E-state index contributed by atoms with van der Waals surface area (Å²) >= 11 is 0. The number of aromatic nitrogens is 2. The summed E-state index contributed by atoms with van der Waals surface area (Å²) in [7, 11) is 0. The predicted molar refractivity (Wildman–Crippen MR) is 75.0 cm³/mol. The van der Waals surface area contributed by atoms with Crippen LogP contribution in [0.1, 0.15) is 17.0 Å². The topological polar surface area (TPSA) is 118 Å². The van der Waals surface area contributed by atoms with Crippen molar-refractivity contribution in [3.8, 4) is 17.9 Å². The third-order valence-electron chi connectivity index (χ3n) is 3.00. The maximum atomic E-state index is 10.6. The van der Waals surface area contributed by atoms with Crippen molar-refractivity contribution in [1.82, 2.24) is 9.55 Å². The second-order valence-electron chi connectivity index (χ2n) is 4.35. The molecule has 0 atom stereocenters. The third kappa shape index (κ3) is 3.02. The van der Waals surface area contributed by atoms with Crippen LogP contribution in [0.15, 0.2) is 24.4 Å². The lowest BCUT2D eigenvalue weighted by Crippen LogP contribution is -2.09. The first kappa shape index (κ1) is 15.0. The Hall–Kier alpha value is -3.39. The van der Waals surface area contributed by atoms with E-state index in [9.17, 15) is 10.1 Å². The highest BCUT2D eigenvalue weighted by molar-refractivity contribution is 5.53. The molecule has 110 valence electrons. The molecule has 1 aromatic carbocycles. The molecule has 0 N–H and O–H groups in total. The van der Waals surface area contributed by atoms with Crippen LogP contribution in [0, 0.1) is 39.7 Å². The number of hydrogen-bond acceptors (Lipinski definition) is 6. The van der Waals surface area contributed by atoms with Crippen molar-refractivity contribution in [2.75, 3.05) is 6.61 Å². The molecule has 0 saturated heterocycles. The zero-order valence-corrected chi connectivity index (χ0v) is 11.7. The molecule has 2 aromatic rings. The Labute approximate surface area is 126 Å². The maximum absolute atomic E-state index is 10.6. The van der Waals surface area contributed by atoms with Gasteiger partial charge in [0.2, 0.25) is 5.82 Å². The van der Waals surface area contributed by atoms with Crippen molar-refractivity contribution in [2.45, 2.75) is 13.5 Å². The summed E-state index contributed by atoms with van der Waals surface area (Å²) in [5, 5.41) is 28.7. The monoisotopic (exact) mass is 297 g/mol. The van der Waals surface area contributed by atoms with E-state index >= 15 is 0 Å². The van der Waals surface area contributed by atoms with Gasteiger partial charge in [-0.2, -0.15) is 10.5 Å². The van der Waals surface area contributed by atoms with Crippen LogP contribution in [-0.2, 0) is 6.54 Å². The van der Waals surface area contributed by atoms with Gasteiger partial charge in [-0.1, -0.05) is 6.07 Å². The molecule has 0 saturated carbocycles. The number of hydrogen-bond donors (Lipinski definition) is 0. The molecule has 0 aliphatic rings. The molecule has 0 fully saturated rings. The molecule has 0 aliphatic heterocycles. The molecule has 0 bridgehead atoms. The number of rotatable bonds is 5. The average molecular weight is 297 g/mol. The maximum Gasteiger partial charge on any atom is 0.381 e. The van der Waals surface area contributed by atoms with E-state index in [2.05, 4.69) is 4.98 Å². The van der Waals surface area contributed by atoms with Crippen LogP contribution in [0.4, 0.5) is 5.82 Å². The van der Waals surface area contributed by atoms with Gasteiger partial charge in [0.15, 0.2) is 0 Å². The van der Waals surface area contributed by atoms with E-state index in [0.717, 1.165) is 0 Å². The molecule has 2 rings (SSSR count). The van der Waals surface area contributed by atoms with Crippen LogP contribution >= 0.6 is 0 Å². The first-order chi connectivity index (χ1) is 10.6. The van der Waals surface area contributed by atoms with E-state index in [1.807, 2.05) is 12.1 Å². The van der Waals surface area contributed by atoms with Gasteiger partial charge in [-0.05, 0) is 22.0 Å². The summed E-state index contributed by atoms with van der Waals surface area (Å²) in [6.07, 6.45) is 1.33. The molecule has 1 heterocycles. The summed E-state index contributed by atoms with van der Waals surface area (Å²) in [6.45, 7) is 2.19. The average Bonchev–Trinajstić information content (AvgIpc) is 2.88. The number of nitriles is 2. The van der Waals surface area contributed by atoms with Crippen molar-refractivity contribution in [3.63, 3.8) is 0 Å². The van der Waals surface area contributed by atoms with E-state index in [-0.39, 0.29) is 23.6 Å². The van der Waals surface area contributed by atoms with Gasteiger partial charge in [0.1, 0.15) is 36.3 Å². The van der Waals surface area contributed by atoms with Gasteiger partial charge in [-0.15, -0.1) is 0 Å². The first-order valence-electron chi connectivity index (χ1n) is 6.31. The number of nitro groups is 1. The van der Waals surface area contributed by atoms with Gasteiger partial charge < -0.3 is 19.4 Å². The Bertz CT molecular complexity index is 798. The van der Waals surface area contributed by atoms with Crippen molar-refractivity contribution >= 4 is 5.82 Å². The highest BCUT2D eigenvalue weighted by Crippen LogP contribution is 2.21. The largest absolute Gasteiger partial charge is 0.490 e. The van der Waals surface area contributed by atoms with E-state index in [1.165, 1.54) is 12.3 Å². The van der Waals surface area contributed by atoms with Gasteiger partial charge in [0, 0.05) is 6.92 Å². The fraction of sp³-hybridized carbons (Fsp3) is 0.214. The molecule has 0 amide bonds.